The second-order valence-corrected chi connectivity index (χ2v) is 4.28. The van der Waals surface area contributed by atoms with Gasteiger partial charge in [0, 0.05) is 6.04 Å². The lowest BCUT2D eigenvalue weighted by Gasteiger charge is -2.18. The minimum Gasteiger partial charge on any atom is -0.481 e. The molecule has 0 heterocycles. The molecule has 0 unspecified atom stereocenters. The van der Waals surface area contributed by atoms with Crippen LogP contribution in [0.2, 0.25) is 0 Å². The normalized spacial score (nSPS) is 12.3. The van der Waals surface area contributed by atoms with E-state index in [2.05, 4.69) is 0 Å². The summed E-state index contributed by atoms with van der Waals surface area (Å²) in [5.41, 5.74) is 0.885. The van der Waals surface area contributed by atoms with Crippen LogP contribution in [0.25, 0.3) is 0 Å². The molecule has 0 saturated carbocycles. The number of nitrogens with zero attached hydrogens (tertiary/aromatic N) is 1. The molecule has 1 aromatic rings. The Hall–Kier alpha value is -2.56. The number of carboxylic acid groups (broad SMARTS) is 1. The zero-order valence-corrected chi connectivity index (χ0v) is 10.6. The van der Waals surface area contributed by atoms with E-state index in [-0.39, 0.29) is 6.42 Å². The fraction of sp³-hybridized carbons (Fsp3) is 0.308. The van der Waals surface area contributed by atoms with Gasteiger partial charge < -0.3 is 10.4 Å². The molecule has 0 fully saturated rings. The zero-order valence-electron chi connectivity index (χ0n) is 10.6. The van der Waals surface area contributed by atoms with Crippen LogP contribution in [-0.4, -0.2) is 29.2 Å². The van der Waals surface area contributed by atoms with Gasteiger partial charge in [-0.3, -0.25) is 9.59 Å². The van der Waals surface area contributed by atoms with Gasteiger partial charge in [0.15, 0.2) is 0 Å². The Labute approximate surface area is 118 Å². The van der Waals surface area contributed by atoms with Crippen molar-refractivity contribution < 1.29 is 27.9 Å². The monoisotopic (exact) mass is 300 g/mol. The maximum Gasteiger partial charge on any atom is 0.471 e. The molecule has 1 aromatic carbocycles. The summed E-state index contributed by atoms with van der Waals surface area (Å²) in [6.07, 6.45) is -5.79. The molecule has 0 radical (unpaired) electrons. The standard InChI is InChI=1S/C13H11F3N2O3/c14-13(15,16)12(21)18-10(6-11(19)20)5-8-1-3-9(7-17)4-2-8/h1-4,10H,5-6H2,(H,18,21)(H,19,20)/t10-/m1/s1. The molecular weight excluding hydrogens is 289 g/mol. The van der Waals surface area contributed by atoms with Crippen LogP contribution in [0.4, 0.5) is 13.2 Å². The number of rotatable bonds is 5. The second-order valence-electron chi connectivity index (χ2n) is 4.28. The van der Waals surface area contributed by atoms with Gasteiger partial charge in [-0.1, -0.05) is 12.1 Å². The zero-order chi connectivity index (χ0) is 16.0. The third-order valence-corrected chi connectivity index (χ3v) is 2.58. The van der Waals surface area contributed by atoms with E-state index < -0.39 is 30.5 Å². The molecule has 0 spiro atoms. The molecular formula is C13H11F3N2O3. The maximum atomic E-state index is 12.2. The van der Waals surface area contributed by atoms with Crippen molar-refractivity contribution in [2.75, 3.05) is 0 Å². The van der Waals surface area contributed by atoms with Crippen LogP contribution in [0.3, 0.4) is 0 Å². The third kappa shape index (κ3) is 5.52. The summed E-state index contributed by atoms with van der Waals surface area (Å²) in [6.45, 7) is 0. The van der Waals surface area contributed by atoms with Crippen molar-refractivity contribution in [2.45, 2.75) is 25.1 Å². The van der Waals surface area contributed by atoms with Crippen molar-refractivity contribution in [3.05, 3.63) is 35.4 Å². The smallest absolute Gasteiger partial charge is 0.471 e. The number of hydrogen-bond donors (Lipinski definition) is 2. The number of hydrogen-bond acceptors (Lipinski definition) is 3. The van der Waals surface area contributed by atoms with Crippen LogP contribution in [0.5, 0.6) is 0 Å². The highest BCUT2D eigenvalue weighted by atomic mass is 19.4. The highest BCUT2D eigenvalue weighted by Gasteiger charge is 2.39. The van der Waals surface area contributed by atoms with Crippen LogP contribution in [0, 0.1) is 11.3 Å². The number of carbonyl (C=O) groups is 2. The molecule has 1 rings (SSSR count). The number of alkyl halides is 3. The number of nitriles is 1. The second kappa shape index (κ2) is 6.74. The number of carbonyl (C=O) groups excluding carboxylic acids is 1. The Kier molecular flexibility index (Phi) is 5.30. The average molecular weight is 300 g/mol. The lowest BCUT2D eigenvalue weighted by Crippen LogP contribution is -2.45. The summed E-state index contributed by atoms with van der Waals surface area (Å²) < 4.78 is 36.6. The van der Waals surface area contributed by atoms with Crippen LogP contribution >= 0.6 is 0 Å². The van der Waals surface area contributed by atoms with Gasteiger partial charge in [-0.25, -0.2) is 0 Å². The minimum atomic E-state index is -5.07. The van der Waals surface area contributed by atoms with Gasteiger partial charge >= 0.3 is 18.1 Å². The third-order valence-electron chi connectivity index (χ3n) is 2.58. The molecule has 112 valence electrons. The Morgan fingerprint density at radius 2 is 1.86 bits per heavy atom. The molecule has 5 nitrogen and oxygen atoms in total. The largest absolute Gasteiger partial charge is 0.481 e. The molecule has 1 amide bonds. The van der Waals surface area contributed by atoms with E-state index in [1.165, 1.54) is 24.3 Å². The summed E-state index contributed by atoms with van der Waals surface area (Å²) >= 11 is 0. The van der Waals surface area contributed by atoms with Crippen LogP contribution in [0.15, 0.2) is 24.3 Å². The first-order valence-corrected chi connectivity index (χ1v) is 5.81. The van der Waals surface area contributed by atoms with Gasteiger partial charge in [-0.15, -0.1) is 0 Å². The molecule has 0 saturated heterocycles. The van der Waals surface area contributed by atoms with E-state index in [0.717, 1.165) is 0 Å². The Morgan fingerprint density at radius 3 is 2.29 bits per heavy atom. The predicted octanol–water partition coefficient (Wildman–Crippen LogP) is 1.62. The lowest BCUT2D eigenvalue weighted by molar-refractivity contribution is -0.174. The minimum absolute atomic E-state index is 0.0835. The molecule has 1 atom stereocenters. The van der Waals surface area contributed by atoms with E-state index in [1.807, 2.05) is 6.07 Å². The van der Waals surface area contributed by atoms with E-state index in [9.17, 15) is 22.8 Å². The number of halogens is 3. The molecule has 21 heavy (non-hydrogen) atoms. The summed E-state index contributed by atoms with van der Waals surface area (Å²) in [4.78, 5) is 21.5. The highest BCUT2D eigenvalue weighted by Crippen LogP contribution is 2.16. The van der Waals surface area contributed by atoms with E-state index in [4.69, 9.17) is 10.4 Å². The van der Waals surface area contributed by atoms with E-state index in [1.54, 1.807) is 5.32 Å². The van der Waals surface area contributed by atoms with E-state index in [0.29, 0.717) is 11.1 Å². The first kappa shape index (κ1) is 16.5. The van der Waals surface area contributed by atoms with Gasteiger partial charge in [-0.05, 0) is 24.1 Å². The van der Waals surface area contributed by atoms with Crippen LogP contribution in [0.1, 0.15) is 17.5 Å². The quantitative estimate of drug-likeness (QED) is 0.864. The number of carboxylic acids is 1. The number of benzene rings is 1. The molecule has 2 N–H and O–H groups in total. The fourth-order valence-electron chi connectivity index (χ4n) is 1.65. The maximum absolute atomic E-state index is 12.2. The van der Waals surface area contributed by atoms with Crippen molar-refractivity contribution in [3.63, 3.8) is 0 Å². The van der Waals surface area contributed by atoms with Gasteiger partial charge in [0.2, 0.25) is 0 Å². The summed E-state index contributed by atoms with van der Waals surface area (Å²) in [5.74, 6) is -3.50. The number of aliphatic carboxylic acids is 1. The SMILES string of the molecule is N#Cc1ccc(C[C@H](CC(=O)O)NC(=O)C(F)(F)F)cc1. The van der Waals surface area contributed by atoms with E-state index >= 15 is 0 Å². The first-order chi connectivity index (χ1) is 9.72. The van der Waals surface area contributed by atoms with Crippen molar-refractivity contribution in [1.29, 1.82) is 5.26 Å². The average Bonchev–Trinajstić information content (AvgIpc) is 2.37. The van der Waals surface area contributed by atoms with Gasteiger partial charge in [0.05, 0.1) is 18.1 Å². The molecule has 0 aliphatic heterocycles. The van der Waals surface area contributed by atoms with Crippen molar-refractivity contribution in [3.8, 4) is 6.07 Å². The number of amides is 1. The van der Waals surface area contributed by atoms with Gasteiger partial charge in [-0.2, -0.15) is 18.4 Å². The van der Waals surface area contributed by atoms with Crippen LogP contribution < -0.4 is 5.32 Å². The van der Waals surface area contributed by atoms with Crippen molar-refractivity contribution >= 4 is 11.9 Å². The van der Waals surface area contributed by atoms with Crippen molar-refractivity contribution in [1.82, 2.24) is 5.32 Å². The molecule has 0 aliphatic rings. The molecule has 0 bridgehead atoms. The fourth-order valence-corrected chi connectivity index (χ4v) is 1.65. The lowest BCUT2D eigenvalue weighted by atomic mass is 10.0. The summed E-state index contributed by atoms with van der Waals surface area (Å²) in [5, 5.41) is 19.0. The highest BCUT2D eigenvalue weighted by molar-refractivity contribution is 5.82. The van der Waals surface area contributed by atoms with Crippen molar-refractivity contribution in [2.24, 2.45) is 0 Å². The summed E-state index contributed by atoms with van der Waals surface area (Å²) in [6, 6.07) is 6.59. The van der Waals surface area contributed by atoms with Gasteiger partial charge in [0.1, 0.15) is 0 Å². The molecule has 0 aliphatic carbocycles. The number of nitrogens with one attached hydrogen (secondary N) is 1. The first-order valence-electron chi connectivity index (χ1n) is 5.81. The topological polar surface area (TPSA) is 90.2 Å². The Balaban J connectivity index is 2.80. The summed E-state index contributed by atoms with van der Waals surface area (Å²) in [7, 11) is 0. The molecule has 8 heteroatoms. The van der Waals surface area contributed by atoms with Crippen LogP contribution in [-0.2, 0) is 16.0 Å². The Morgan fingerprint density at radius 1 is 1.29 bits per heavy atom. The van der Waals surface area contributed by atoms with Gasteiger partial charge in [0.25, 0.3) is 0 Å². The predicted molar refractivity (Wildman–Crippen MR) is 65.1 cm³/mol. The molecule has 0 aromatic heterocycles. The Bertz CT molecular complexity index is 562.